The van der Waals surface area contributed by atoms with E-state index >= 15 is 0 Å². The molecule has 0 fully saturated rings. The summed E-state index contributed by atoms with van der Waals surface area (Å²) in [5.41, 5.74) is -0.490. The van der Waals surface area contributed by atoms with E-state index in [0.29, 0.717) is 5.56 Å². The molecule has 7 heteroatoms. The van der Waals surface area contributed by atoms with Gasteiger partial charge in [-0.3, -0.25) is 4.79 Å². The van der Waals surface area contributed by atoms with Gasteiger partial charge >= 0.3 is 5.97 Å². The first-order valence-electron chi connectivity index (χ1n) is 6.87. The topological polar surface area (TPSA) is 113 Å². The Hall–Kier alpha value is -3.22. The Labute approximate surface area is 137 Å². The molecule has 7 nitrogen and oxygen atoms in total. The molecule has 0 unspecified atom stereocenters. The minimum atomic E-state index is -0.876. The van der Waals surface area contributed by atoms with Gasteiger partial charge in [-0.1, -0.05) is 6.07 Å². The predicted molar refractivity (Wildman–Crippen MR) is 83.9 cm³/mol. The quantitative estimate of drug-likeness (QED) is 0.580. The maximum atomic E-state index is 12.9. The number of methoxy groups -OCH3 is 2. The van der Waals surface area contributed by atoms with E-state index in [1.807, 2.05) is 0 Å². The Morgan fingerprint density at radius 2 is 1.67 bits per heavy atom. The van der Waals surface area contributed by atoms with Crippen LogP contribution in [0.4, 0.5) is 0 Å². The van der Waals surface area contributed by atoms with E-state index in [2.05, 4.69) is 4.74 Å². The van der Waals surface area contributed by atoms with Crippen LogP contribution in [0.1, 0.15) is 31.8 Å². The first-order valence-corrected chi connectivity index (χ1v) is 6.87. The number of hydrogen-bond acceptors (Lipinski definition) is 7. The van der Waals surface area contributed by atoms with E-state index in [4.69, 9.17) is 4.74 Å². The van der Waals surface area contributed by atoms with Crippen LogP contribution in [-0.2, 0) is 4.74 Å². The second-order valence-corrected chi connectivity index (χ2v) is 5.02. The summed E-state index contributed by atoms with van der Waals surface area (Å²) in [6, 6.07) is 4.89. The van der Waals surface area contributed by atoms with Crippen LogP contribution in [0.15, 0.2) is 24.3 Å². The third kappa shape index (κ3) is 2.83. The van der Waals surface area contributed by atoms with Gasteiger partial charge < -0.3 is 24.8 Å². The Morgan fingerprint density at radius 3 is 2.25 bits per heavy atom. The van der Waals surface area contributed by atoms with Crippen molar-refractivity contribution in [3.05, 3.63) is 46.5 Å². The van der Waals surface area contributed by atoms with Gasteiger partial charge in [0.2, 0.25) is 5.78 Å². The number of ether oxygens (including phenoxy) is 2. The Kier molecular flexibility index (Phi) is 4.64. The number of hydrogen-bond donors (Lipinski definition) is 3. The van der Waals surface area contributed by atoms with Crippen LogP contribution in [0.2, 0.25) is 0 Å². The number of carbonyl (C=O) groups excluding carboxylic acids is 2. The van der Waals surface area contributed by atoms with Crippen LogP contribution < -0.4 is 4.74 Å². The molecular weight excluding hydrogens is 316 g/mol. The van der Waals surface area contributed by atoms with Crippen molar-refractivity contribution in [1.82, 2.24) is 0 Å². The summed E-state index contributed by atoms with van der Waals surface area (Å²) >= 11 is 0. The molecule has 0 aliphatic heterocycles. The first-order chi connectivity index (χ1) is 11.3. The standard InChI is InChI=1S/C17H16O7/c1-8-4-5-11(19)14(15(8)20)16(21)13-10(17(22)24-3)6-9(18)7-12(13)23-2/h4-7,18-20H,1-3H3. The van der Waals surface area contributed by atoms with E-state index < -0.39 is 23.3 Å². The van der Waals surface area contributed by atoms with Gasteiger partial charge in [-0.2, -0.15) is 0 Å². The highest BCUT2D eigenvalue weighted by Gasteiger charge is 2.29. The van der Waals surface area contributed by atoms with Crippen LogP contribution in [0.5, 0.6) is 23.0 Å². The number of aryl methyl sites for hydroxylation is 1. The lowest BCUT2D eigenvalue weighted by Gasteiger charge is -2.14. The number of carbonyl (C=O) groups is 2. The van der Waals surface area contributed by atoms with Crippen LogP contribution >= 0.6 is 0 Å². The Bertz CT molecular complexity index is 824. The van der Waals surface area contributed by atoms with E-state index in [1.165, 1.54) is 19.2 Å². The number of benzene rings is 2. The molecule has 2 aromatic carbocycles. The van der Waals surface area contributed by atoms with E-state index in [9.17, 15) is 24.9 Å². The molecule has 0 saturated carbocycles. The zero-order valence-corrected chi connectivity index (χ0v) is 13.3. The van der Waals surface area contributed by atoms with Crippen LogP contribution in [-0.4, -0.2) is 41.3 Å². The lowest BCUT2D eigenvalue weighted by atomic mass is 9.94. The predicted octanol–water partition coefficient (Wildman–Crippen LogP) is 2.14. The van der Waals surface area contributed by atoms with Gasteiger partial charge in [-0.25, -0.2) is 4.79 Å². The number of aromatic hydroxyl groups is 3. The zero-order chi connectivity index (χ0) is 18.0. The van der Waals surface area contributed by atoms with Crippen molar-refractivity contribution in [2.45, 2.75) is 6.92 Å². The van der Waals surface area contributed by atoms with Crippen molar-refractivity contribution in [3.8, 4) is 23.0 Å². The van der Waals surface area contributed by atoms with Gasteiger partial charge in [0.25, 0.3) is 0 Å². The fourth-order valence-corrected chi connectivity index (χ4v) is 2.30. The molecule has 0 spiro atoms. The SMILES string of the molecule is COC(=O)c1cc(O)cc(OC)c1C(=O)c1c(O)ccc(C)c1O. The molecule has 2 aromatic rings. The molecule has 0 amide bonds. The van der Waals surface area contributed by atoms with E-state index in [0.717, 1.165) is 19.2 Å². The molecular formula is C17H16O7. The van der Waals surface area contributed by atoms with Gasteiger partial charge in [-0.05, 0) is 24.6 Å². The average molecular weight is 332 g/mol. The summed E-state index contributed by atoms with van der Waals surface area (Å²) in [5.74, 6) is -2.98. The number of esters is 1. The van der Waals surface area contributed by atoms with Gasteiger partial charge in [0, 0.05) is 6.07 Å². The largest absolute Gasteiger partial charge is 0.508 e. The normalized spacial score (nSPS) is 10.3. The summed E-state index contributed by atoms with van der Waals surface area (Å²) in [6.07, 6.45) is 0. The molecule has 2 rings (SSSR count). The summed E-state index contributed by atoms with van der Waals surface area (Å²) in [6.45, 7) is 1.56. The maximum Gasteiger partial charge on any atom is 0.338 e. The Balaban J connectivity index is 2.79. The third-order valence-corrected chi connectivity index (χ3v) is 3.52. The first kappa shape index (κ1) is 17.1. The fourth-order valence-electron chi connectivity index (χ4n) is 2.30. The second kappa shape index (κ2) is 6.49. The van der Waals surface area contributed by atoms with Crippen molar-refractivity contribution in [2.75, 3.05) is 14.2 Å². The van der Waals surface area contributed by atoms with Gasteiger partial charge in [0.15, 0.2) is 0 Å². The smallest absolute Gasteiger partial charge is 0.338 e. The fraction of sp³-hybridized carbons (Fsp3) is 0.176. The highest BCUT2D eigenvalue weighted by molar-refractivity contribution is 6.18. The van der Waals surface area contributed by atoms with Crippen LogP contribution in [0.3, 0.4) is 0 Å². The second-order valence-electron chi connectivity index (χ2n) is 5.02. The summed E-state index contributed by atoms with van der Waals surface area (Å²) in [7, 11) is 2.37. The van der Waals surface area contributed by atoms with Crippen LogP contribution in [0, 0.1) is 6.92 Å². The van der Waals surface area contributed by atoms with Gasteiger partial charge in [0.1, 0.15) is 28.6 Å². The molecule has 0 heterocycles. The number of phenols is 3. The molecule has 0 atom stereocenters. The highest BCUT2D eigenvalue weighted by Crippen LogP contribution is 2.37. The lowest BCUT2D eigenvalue weighted by molar-refractivity contribution is 0.0596. The molecule has 126 valence electrons. The molecule has 24 heavy (non-hydrogen) atoms. The number of ketones is 1. The minimum Gasteiger partial charge on any atom is -0.508 e. The van der Waals surface area contributed by atoms with Crippen molar-refractivity contribution in [2.24, 2.45) is 0 Å². The minimum absolute atomic E-state index is 0.0966. The zero-order valence-electron chi connectivity index (χ0n) is 13.3. The summed E-state index contributed by atoms with van der Waals surface area (Å²) < 4.78 is 9.68. The van der Waals surface area contributed by atoms with Crippen molar-refractivity contribution < 1.29 is 34.4 Å². The van der Waals surface area contributed by atoms with Crippen molar-refractivity contribution in [3.63, 3.8) is 0 Å². The van der Waals surface area contributed by atoms with E-state index in [1.54, 1.807) is 6.92 Å². The molecule has 0 aromatic heterocycles. The molecule has 0 bridgehead atoms. The third-order valence-electron chi connectivity index (χ3n) is 3.52. The van der Waals surface area contributed by atoms with E-state index in [-0.39, 0.29) is 28.2 Å². The monoisotopic (exact) mass is 332 g/mol. The van der Waals surface area contributed by atoms with Crippen molar-refractivity contribution in [1.29, 1.82) is 0 Å². The summed E-state index contributed by atoms with van der Waals surface area (Å²) in [4.78, 5) is 24.8. The maximum absolute atomic E-state index is 12.9. The lowest BCUT2D eigenvalue weighted by Crippen LogP contribution is -2.13. The molecule has 0 aliphatic rings. The number of phenolic OH excluding ortho intramolecular Hbond substituents is 3. The van der Waals surface area contributed by atoms with Crippen molar-refractivity contribution >= 4 is 11.8 Å². The van der Waals surface area contributed by atoms with Gasteiger partial charge in [0.05, 0.1) is 25.3 Å². The molecule has 0 radical (unpaired) electrons. The Morgan fingerprint density at radius 1 is 1.00 bits per heavy atom. The molecule has 0 aliphatic carbocycles. The average Bonchev–Trinajstić information content (AvgIpc) is 2.56. The van der Waals surface area contributed by atoms with Crippen LogP contribution in [0.25, 0.3) is 0 Å². The summed E-state index contributed by atoms with van der Waals surface area (Å²) in [5, 5.41) is 29.8. The molecule has 0 saturated heterocycles. The molecule has 3 N–H and O–H groups in total. The highest BCUT2D eigenvalue weighted by atomic mass is 16.5. The van der Waals surface area contributed by atoms with Gasteiger partial charge in [-0.15, -0.1) is 0 Å². The number of rotatable bonds is 4.